The second-order valence-electron chi connectivity index (χ2n) is 14.6. The molecule has 0 unspecified atom stereocenters. The number of hydrogen-bond acceptors (Lipinski definition) is 7. The normalized spacial score (nSPS) is 13.2. The van der Waals surface area contributed by atoms with E-state index in [0.29, 0.717) is 17.7 Å². The second kappa shape index (κ2) is 18.6. The van der Waals surface area contributed by atoms with Crippen LogP contribution in [-0.2, 0) is 31.5 Å². The summed E-state index contributed by atoms with van der Waals surface area (Å²) in [7, 11) is 1.63. The molecule has 0 radical (unpaired) electrons. The van der Waals surface area contributed by atoms with E-state index in [0.717, 1.165) is 27.8 Å². The number of urea groups is 1. The van der Waals surface area contributed by atoms with Crippen LogP contribution in [0.5, 0.6) is 0 Å². The Bertz CT molecular complexity index is 1780. The first-order chi connectivity index (χ1) is 25.6. The number of ether oxygens (including phenoxy) is 2. The SMILES string of the molecule is CC(C)[C@H](NC(=O)OC(C)(C)C)C(=O)N[C@@H](CCCNC(N)=O)C(=O)Nc1ccc(CCl)c(CN(C)C(=O)OCC2c3ccccc3-c3ccccc32)c1. The molecule has 0 fully saturated rings. The first-order valence-corrected chi connectivity index (χ1v) is 18.5. The number of carbonyl (C=O) groups is 5. The lowest BCUT2D eigenvalue weighted by atomic mass is 9.98. The number of alkyl halides is 1. The van der Waals surface area contributed by atoms with Crippen molar-refractivity contribution < 1.29 is 33.4 Å². The highest BCUT2D eigenvalue weighted by atomic mass is 35.5. The molecule has 3 aromatic rings. The number of nitrogens with two attached hydrogens (primary N) is 1. The van der Waals surface area contributed by atoms with E-state index in [4.69, 9.17) is 26.8 Å². The van der Waals surface area contributed by atoms with E-state index in [1.54, 1.807) is 59.9 Å². The summed E-state index contributed by atoms with van der Waals surface area (Å²) in [6, 6.07) is 18.6. The van der Waals surface area contributed by atoms with Crippen molar-refractivity contribution in [3.05, 3.63) is 89.0 Å². The van der Waals surface area contributed by atoms with Gasteiger partial charge in [0.05, 0.1) is 0 Å². The van der Waals surface area contributed by atoms with Gasteiger partial charge in [-0.15, -0.1) is 11.6 Å². The van der Waals surface area contributed by atoms with Crippen LogP contribution < -0.4 is 27.0 Å². The van der Waals surface area contributed by atoms with E-state index in [2.05, 4.69) is 45.5 Å². The second-order valence-corrected chi connectivity index (χ2v) is 14.9. The van der Waals surface area contributed by atoms with Crippen LogP contribution in [0, 0.1) is 5.92 Å². The van der Waals surface area contributed by atoms with Gasteiger partial charge in [-0.25, -0.2) is 14.4 Å². The molecule has 0 spiro atoms. The van der Waals surface area contributed by atoms with Crippen molar-refractivity contribution in [1.82, 2.24) is 20.9 Å². The van der Waals surface area contributed by atoms with Crippen LogP contribution in [-0.4, -0.2) is 72.8 Å². The fraction of sp³-hybridized carbons (Fsp3) is 0.425. The molecule has 54 heavy (non-hydrogen) atoms. The molecule has 1 aliphatic carbocycles. The largest absolute Gasteiger partial charge is 0.448 e. The number of rotatable bonds is 15. The van der Waals surface area contributed by atoms with Crippen LogP contribution in [0.2, 0.25) is 0 Å². The summed E-state index contributed by atoms with van der Waals surface area (Å²) in [5.41, 5.74) is 10.8. The van der Waals surface area contributed by atoms with Crippen LogP contribution in [0.25, 0.3) is 11.1 Å². The van der Waals surface area contributed by atoms with Crippen molar-refractivity contribution in [2.24, 2.45) is 11.7 Å². The Morgan fingerprint density at radius 2 is 1.52 bits per heavy atom. The maximum absolute atomic E-state index is 13.7. The van der Waals surface area contributed by atoms with Crippen molar-refractivity contribution in [3.63, 3.8) is 0 Å². The molecule has 2 atom stereocenters. The highest BCUT2D eigenvalue weighted by Gasteiger charge is 2.31. The van der Waals surface area contributed by atoms with Crippen LogP contribution in [0.3, 0.4) is 0 Å². The predicted molar refractivity (Wildman–Crippen MR) is 208 cm³/mol. The molecule has 0 bridgehead atoms. The Kier molecular flexibility index (Phi) is 14.3. The molecule has 14 heteroatoms. The topological polar surface area (TPSA) is 181 Å². The fourth-order valence-electron chi connectivity index (χ4n) is 6.25. The highest BCUT2D eigenvalue weighted by molar-refractivity contribution is 6.17. The number of hydrogen-bond donors (Lipinski definition) is 5. The van der Waals surface area contributed by atoms with E-state index >= 15 is 0 Å². The minimum atomic E-state index is -1.05. The Balaban J connectivity index is 1.44. The van der Waals surface area contributed by atoms with Gasteiger partial charge in [-0.3, -0.25) is 9.59 Å². The molecule has 0 saturated carbocycles. The summed E-state index contributed by atoms with van der Waals surface area (Å²) in [5, 5.41) is 10.7. The predicted octanol–water partition coefficient (Wildman–Crippen LogP) is 6.23. The molecule has 6 amide bonds. The molecule has 290 valence electrons. The van der Waals surface area contributed by atoms with E-state index in [-0.39, 0.29) is 43.8 Å². The number of amides is 6. The zero-order valence-electron chi connectivity index (χ0n) is 31.7. The molecule has 0 aromatic heterocycles. The summed E-state index contributed by atoms with van der Waals surface area (Å²) in [6.45, 7) is 9.14. The average Bonchev–Trinajstić information content (AvgIpc) is 3.43. The lowest BCUT2D eigenvalue weighted by Crippen LogP contribution is -2.55. The standard InChI is InChI=1S/C40H51ClN6O7/c1-24(2)34(46-38(51)54-40(3,4)5)36(49)45-33(16-11-19-43-37(42)50)35(48)44-27-18-17-25(21-41)26(20-27)22-47(6)39(52)53-23-32-30-14-9-7-12-28(30)29-13-8-10-15-31(29)32/h7-10,12-15,17-18,20,24,32-34H,11,16,19,21-23H2,1-6H3,(H,44,48)(H,45,49)(H,46,51)(H3,42,43,50)/t33-,34-/m0/s1. The Morgan fingerprint density at radius 3 is 2.09 bits per heavy atom. The van der Waals surface area contributed by atoms with E-state index in [1.165, 1.54) is 4.90 Å². The van der Waals surface area contributed by atoms with Gasteiger partial charge in [-0.2, -0.15) is 0 Å². The summed E-state index contributed by atoms with van der Waals surface area (Å²) in [4.78, 5) is 65.6. The minimum absolute atomic E-state index is 0.0874. The smallest absolute Gasteiger partial charge is 0.409 e. The van der Waals surface area contributed by atoms with Gasteiger partial charge in [0, 0.05) is 37.6 Å². The third kappa shape index (κ3) is 11.3. The van der Waals surface area contributed by atoms with Crippen LogP contribution in [0.4, 0.5) is 20.1 Å². The van der Waals surface area contributed by atoms with E-state index in [1.807, 2.05) is 24.3 Å². The molecule has 1 aliphatic rings. The van der Waals surface area contributed by atoms with E-state index in [9.17, 15) is 24.0 Å². The van der Waals surface area contributed by atoms with Gasteiger partial charge in [0.2, 0.25) is 11.8 Å². The zero-order chi connectivity index (χ0) is 39.6. The Hall–Kier alpha value is -5.30. The number of nitrogens with one attached hydrogen (secondary N) is 4. The quantitative estimate of drug-likeness (QED) is 0.0899. The minimum Gasteiger partial charge on any atom is -0.448 e. The number of alkyl carbamates (subject to hydrolysis) is 1. The first-order valence-electron chi connectivity index (χ1n) is 18.0. The number of anilines is 1. The third-order valence-corrected chi connectivity index (χ3v) is 9.18. The summed E-state index contributed by atoms with van der Waals surface area (Å²) >= 11 is 6.28. The number of halogens is 1. The number of carbonyl (C=O) groups excluding carboxylic acids is 5. The zero-order valence-corrected chi connectivity index (χ0v) is 32.4. The summed E-state index contributed by atoms with van der Waals surface area (Å²) in [6.07, 6.45) is -0.822. The van der Waals surface area contributed by atoms with Crippen molar-refractivity contribution in [3.8, 4) is 11.1 Å². The van der Waals surface area contributed by atoms with Crippen molar-refractivity contribution in [2.75, 3.05) is 25.5 Å². The van der Waals surface area contributed by atoms with Gasteiger partial charge >= 0.3 is 18.2 Å². The van der Waals surface area contributed by atoms with Crippen molar-refractivity contribution in [2.45, 2.75) is 83.5 Å². The van der Waals surface area contributed by atoms with Gasteiger partial charge in [0.25, 0.3) is 0 Å². The number of benzene rings is 3. The molecule has 0 aliphatic heterocycles. The van der Waals surface area contributed by atoms with Crippen LogP contribution >= 0.6 is 11.6 Å². The monoisotopic (exact) mass is 762 g/mol. The van der Waals surface area contributed by atoms with Crippen LogP contribution in [0.15, 0.2) is 66.7 Å². The molecule has 0 heterocycles. The van der Waals surface area contributed by atoms with Crippen molar-refractivity contribution in [1.29, 1.82) is 0 Å². The third-order valence-electron chi connectivity index (χ3n) is 8.90. The average molecular weight is 763 g/mol. The lowest BCUT2D eigenvalue weighted by Gasteiger charge is -2.27. The lowest BCUT2D eigenvalue weighted by molar-refractivity contribution is -0.128. The number of primary amides is 1. The molecule has 6 N–H and O–H groups in total. The molecular formula is C40H51ClN6O7. The maximum atomic E-state index is 13.7. The maximum Gasteiger partial charge on any atom is 0.409 e. The number of fused-ring (bicyclic) bond motifs is 3. The first kappa shape index (κ1) is 41.5. The molecule has 4 rings (SSSR count). The van der Waals surface area contributed by atoms with Crippen LogP contribution in [0.1, 0.15) is 75.6 Å². The van der Waals surface area contributed by atoms with Gasteiger partial charge in [-0.1, -0.05) is 68.4 Å². The van der Waals surface area contributed by atoms with Crippen molar-refractivity contribution >= 4 is 47.3 Å². The summed E-state index contributed by atoms with van der Waals surface area (Å²) < 4.78 is 11.2. The van der Waals surface area contributed by atoms with Gasteiger partial charge in [0.1, 0.15) is 24.3 Å². The number of nitrogens with zero attached hydrogens (tertiary/aromatic N) is 1. The Morgan fingerprint density at radius 1 is 0.889 bits per heavy atom. The molecule has 0 saturated heterocycles. The molecule has 13 nitrogen and oxygen atoms in total. The molecule has 3 aromatic carbocycles. The van der Waals surface area contributed by atoms with E-state index < -0.39 is 47.7 Å². The van der Waals surface area contributed by atoms with Gasteiger partial charge in [-0.05, 0) is 85.0 Å². The highest BCUT2D eigenvalue weighted by Crippen LogP contribution is 2.44. The molecular weight excluding hydrogens is 712 g/mol. The Labute approximate surface area is 321 Å². The fourth-order valence-corrected chi connectivity index (χ4v) is 6.51. The van der Waals surface area contributed by atoms with Gasteiger partial charge < -0.3 is 41.4 Å². The van der Waals surface area contributed by atoms with Gasteiger partial charge in [0.15, 0.2) is 0 Å². The summed E-state index contributed by atoms with van der Waals surface area (Å²) in [5.74, 6) is -1.37.